The second kappa shape index (κ2) is 7.52. The van der Waals surface area contributed by atoms with Crippen molar-refractivity contribution in [2.75, 3.05) is 6.54 Å². The minimum absolute atomic E-state index is 0.667. The molecule has 0 atom stereocenters. The number of furan rings is 1. The van der Waals surface area contributed by atoms with E-state index in [0.717, 1.165) is 37.5 Å². The number of H-pyrrole nitrogens is 1. The molecular weight excluding hydrogens is 384 g/mol. The van der Waals surface area contributed by atoms with Gasteiger partial charge in [0, 0.05) is 48.7 Å². The maximum Gasteiger partial charge on any atom is 0.195 e. The van der Waals surface area contributed by atoms with Gasteiger partial charge in [0.05, 0.1) is 17.7 Å². The first-order valence-corrected chi connectivity index (χ1v) is 10.6. The molecule has 0 amide bonds. The molecule has 5 heteroatoms. The van der Waals surface area contributed by atoms with E-state index in [1.807, 2.05) is 18.3 Å². The van der Waals surface area contributed by atoms with Crippen LogP contribution in [-0.4, -0.2) is 26.4 Å². The summed E-state index contributed by atoms with van der Waals surface area (Å²) in [5, 5.41) is 1.29. The molecule has 1 aliphatic rings. The number of aromatic amines is 1. The van der Waals surface area contributed by atoms with Gasteiger partial charge >= 0.3 is 0 Å². The van der Waals surface area contributed by atoms with Crippen LogP contribution < -0.4 is 0 Å². The number of nitrogens with one attached hydrogen (secondary N) is 1. The van der Waals surface area contributed by atoms with Gasteiger partial charge in [0.15, 0.2) is 11.6 Å². The summed E-state index contributed by atoms with van der Waals surface area (Å²) in [7, 11) is 0. The minimum Gasteiger partial charge on any atom is -0.461 e. The number of rotatable bonds is 4. The van der Waals surface area contributed by atoms with Crippen molar-refractivity contribution < 1.29 is 4.42 Å². The average Bonchev–Trinajstić information content (AvgIpc) is 3.48. The third-order valence-electron chi connectivity index (χ3n) is 6.01. The molecule has 0 unspecified atom stereocenters. The molecular formula is C26H22N4O. The molecule has 6 rings (SSSR count). The highest BCUT2D eigenvalue weighted by molar-refractivity contribution is 5.90. The van der Waals surface area contributed by atoms with E-state index in [4.69, 9.17) is 9.40 Å². The van der Waals surface area contributed by atoms with E-state index in [1.54, 1.807) is 6.26 Å². The van der Waals surface area contributed by atoms with Crippen LogP contribution in [0.2, 0.25) is 0 Å². The number of hydrogen-bond donors (Lipinski definition) is 1. The molecule has 1 N–H and O–H groups in total. The highest BCUT2D eigenvalue weighted by Crippen LogP contribution is 2.32. The van der Waals surface area contributed by atoms with Crippen LogP contribution in [0.25, 0.3) is 33.7 Å². The normalized spacial score (nSPS) is 14.1. The molecule has 3 aromatic heterocycles. The summed E-state index contributed by atoms with van der Waals surface area (Å²) in [6, 6.07) is 22.9. The first-order valence-electron chi connectivity index (χ1n) is 10.6. The van der Waals surface area contributed by atoms with Gasteiger partial charge in [-0.3, -0.25) is 4.90 Å². The summed E-state index contributed by atoms with van der Waals surface area (Å²) < 4.78 is 5.46. The fraction of sp³-hybridized carbons (Fsp3) is 0.154. The lowest BCUT2D eigenvalue weighted by molar-refractivity contribution is 0.244. The molecule has 5 aromatic rings. The Balaban J connectivity index is 1.32. The topological polar surface area (TPSA) is 58.0 Å². The van der Waals surface area contributed by atoms with E-state index < -0.39 is 0 Å². The van der Waals surface area contributed by atoms with Crippen molar-refractivity contribution in [2.45, 2.75) is 19.5 Å². The van der Waals surface area contributed by atoms with Crippen LogP contribution in [0.15, 0.2) is 83.6 Å². The molecule has 0 fully saturated rings. The molecule has 0 aliphatic carbocycles. The lowest BCUT2D eigenvalue weighted by Crippen LogP contribution is -2.31. The summed E-state index contributed by atoms with van der Waals surface area (Å²) in [6.07, 6.45) is 4.53. The van der Waals surface area contributed by atoms with E-state index in [-0.39, 0.29) is 0 Å². The average molecular weight is 406 g/mol. The smallest absolute Gasteiger partial charge is 0.195 e. The van der Waals surface area contributed by atoms with E-state index in [0.29, 0.717) is 5.82 Å². The summed E-state index contributed by atoms with van der Waals surface area (Å²) in [5.74, 6) is 1.39. The van der Waals surface area contributed by atoms with Crippen molar-refractivity contribution >= 4 is 10.9 Å². The van der Waals surface area contributed by atoms with Gasteiger partial charge in [-0.1, -0.05) is 48.5 Å². The standard InChI is InChI=1S/C26H22N4O/c1-2-7-18(8-3-1)25-21(20-9-4-5-10-23(20)28-25)17-30-13-12-22-19(16-30)15-27-26(29-22)24-11-6-14-31-24/h1-11,14-15,28H,12-13,16-17H2. The van der Waals surface area contributed by atoms with Crippen LogP contribution in [0, 0.1) is 0 Å². The van der Waals surface area contributed by atoms with Gasteiger partial charge in [-0.05, 0) is 29.3 Å². The zero-order chi connectivity index (χ0) is 20.6. The maximum atomic E-state index is 5.46. The van der Waals surface area contributed by atoms with Crippen molar-refractivity contribution in [3.8, 4) is 22.8 Å². The monoisotopic (exact) mass is 406 g/mol. The van der Waals surface area contributed by atoms with Crippen LogP contribution >= 0.6 is 0 Å². The SMILES string of the molecule is c1ccc(-c2[nH]c3ccccc3c2CN2CCc3nc(-c4ccco4)ncc3C2)cc1. The Bertz CT molecular complexity index is 1340. The van der Waals surface area contributed by atoms with Gasteiger partial charge < -0.3 is 9.40 Å². The highest BCUT2D eigenvalue weighted by Gasteiger charge is 2.22. The van der Waals surface area contributed by atoms with Gasteiger partial charge in [-0.2, -0.15) is 0 Å². The minimum atomic E-state index is 0.667. The molecule has 31 heavy (non-hydrogen) atoms. The number of nitrogens with zero attached hydrogens (tertiary/aromatic N) is 3. The largest absolute Gasteiger partial charge is 0.461 e. The Morgan fingerprint density at radius 1 is 0.968 bits per heavy atom. The predicted octanol–water partition coefficient (Wildman–Crippen LogP) is 5.44. The molecule has 4 heterocycles. The van der Waals surface area contributed by atoms with Gasteiger partial charge in [-0.25, -0.2) is 9.97 Å². The third-order valence-corrected chi connectivity index (χ3v) is 6.01. The fourth-order valence-corrected chi connectivity index (χ4v) is 4.47. The van der Waals surface area contributed by atoms with Gasteiger partial charge in [-0.15, -0.1) is 0 Å². The van der Waals surface area contributed by atoms with Crippen LogP contribution in [0.4, 0.5) is 0 Å². The highest BCUT2D eigenvalue weighted by atomic mass is 16.3. The van der Waals surface area contributed by atoms with Crippen molar-refractivity contribution in [3.63, 3.8) is 0 Å². The van der Waals surface area contributed by atoms with Crippen molar-refractivity contribution in [2.24, 2.45) is 0 Å². The molecule has 0 bridgehead atoms. The fourth-order valence-electron chi connectivity index (χ4n) is 4.47. The van der Waals surface area contributed by atoms with Crippen molar-refractivity contribution in [1.82, 2.24) is 19.9 Å². The Hall–Kier alpha value is -3.70. The summed E-state index contributed by atoms with van der Waals surface area (Å²) in [4.78, 5) is 15.4. The molecule has 1 aliphatic heterocycles. The van der Waals surface area contributed by atoms with E-state index in [1.165, 1.54) is 33.3 Å². The molecule has 2 aromatic carbocycles. The quantitative estimate of drug-likeness (QED) is 0.432. The molecule has 0 saturated carbocycles. The zero-order valence-electron chi connectivity index (χ0n) is 17.1. The van der Waals surface area contributed by atoms with Crippen LogP contribution in [0.1, 0.15) is 16.8 Å². The maximum absolute atomic E-state index is 5.46. The van der Waals surface area contributed by atoms with Crippen molar-refractivity contribution in [3.05, 3.63) is 96.0 Å². The second-order valence-corrected chi connectivity index (χ2v) is 7.99. The number of para-hydroxylation sites is 1. The van der Waals surface area contributed by atoms with Gasteiger partial charge in [0.25, 0.3) is 0 Å². The van der Waals surface area contributed by atoms with E-state index in [2.05, 4.69) is 69.5 Å². The van der Waals surface area contributed by atoms with Crippen LogP contribution in [0.5, 0.6) is 0 Å². The lowest BCUT2D eigenvalue weighted by atomic mass is 10.0. The number of fused-ring (bicyclic) bond motifs is 2. The van der Waals surface area contributed by atoms with E-state index >= 15 is 0 Å². The third kappa shape index (κ3) is 3.33. The number of aromatic nitrogens is 3. The van der Waals surface area contributed by atoms with Crippen LogP contribution in [-0.2, 0) is 19.5 Å². The molecule has 0 saturated heterocycles. The number of hydrogen-bond acceptors (Lipinski definition) is 4. The first kappa shape index (κ1) is 18.1. The lowest BCUT2D eigenvalue weighted by Gasteiger charge is -2.28. The van der Waals surface area contributed by atoms with Crippen LogP contribution in [0.3, 0.4) is 0 Å². The molecule has 0 radical (unpaired) electrons. The Morgan fingerprint density at radius 3 is 2.71 bits per heavy atom. The summed E-state index contributed by atoms with van der Waals surface area (Å²) in [5.41, 5.74) is 7.27. The summed E-state index contributed by atoms with van der Waals surface area (Å²) >= 11 is 0. The molecule has 0 spiro atoms. The van der Waals surface area contributed by atoms with Gasteiger partial charge in [0.2, 0.25) is 0 Å². The first-order chi connectivity index (χ1) is 15.3. The Morgan fingerprint density at radius 2 is 1.84 bits per heavy atom. The molecule has 152 valence electrons. The Kier molecular flexibility index (Phi) is 4.39. The van der Waals surface area contributed by atoms with Gasteiger partial charge in [0.1, 0.15) is 0 Å². The number of benzene rings is 2. The van der Waals surface area contributed by atoms with Crippen molar-refractivity contribution in [1.29, 1.82) is 0 Å². The Labute approximate surface area is 180 Å². The zero-order valence-corrected chi connectivity index (χ0v) is 17.1. The summed E-state index contributed by atoms with van der Waals surface area (Å²) in [6.45, 7) is 2.70. The second-order valence-electron chi connectivity index (χ2n) is 7.99. The van der Waals surface area contributed by atoms with E-state index in [9.17, 15) is 0 Å². The predicted molar refractivity (Wildman–Crippen MR) is 121 cm³/mol. The molecule has 5 nitrogen and oxygen atoms in total.